The average molecular weight is 272 g/mol. The molecule has 0 aliphatic carbocycles. The van der Waals surface area contributed by atoms with Gasteiger partial charge in [-0.25, -0.2) is 4.39 Å². The first-order valence-electron chi connectivity index (χ1n) is 6.19. The van der Waals surface area contributed by atoms with Gasteiger partial charge in [-0.15, -0.1) is 11.6 Å². The minimum atomic E-state index is -0.274. The van der Waals surface area contributed by atoms with Crippen molar-refractivity contribution in [1.29, 1.82) is 0 Å². The lowest BCUT2D eigenvalue weighted by Crippen LogP contribution is -2.52. The van der Waals surface area contributed by atoms with Gasteiger partial charge in [-0.05, 0) is 32.4 Å². The van der Waals surface area contributed by atoms with Crippen LogP contribution in [0.2, 0.25) is 0 Å². The van der Waals surface area contributed by atoms with Crippen LogP contribution in [-0.4, -0.2) is 24.8 Å². The Morgan fingerprint density at radius 1 is 1.50 bits per heavy atom. The lowest BCUT2D eigenvalue weighted by Gasteiger charge is -2.43. The highest BCUT2D eigenvalue weighted by molar-refractivity contribution is 6.17. The van der Waals surface area contributed by atoms with Crippen LogP contribution >= 0.6 is 11.6 Å². The quantitative estimate of drug-likeness (QED) is 0.763. The molecular formula is C14H19ClFNO. The van der Waals surface area contributed by atoms with Crippen LogP contribution in [-0.2, 0) is 10.6 Å². The molecule has 1 aromatic rings. The van der Waals surface area contributed by atoms with E-state index in [0.29, 0.717) is 24.7 Å². The van der Waals surface area contributed by atoms with Crippen LogP contribution in [0.25, 0.3) is 0 Å². The van der Waals surface area contributed by atoms with Gasteiger partial charge in [0.15, 0.2) is 0 Å². The number of halogens is 2. The molecule has 0 radical (unpaired) electrons. The predicted octanol–water partition coefficient (Wildman–Crippen LogP) is 3.57. The zero-order valence-corrected chi connectivity index (χ0v) is 11.8. The molecular weight excluding hydrogens is 253 g/mol. The summed E-state index contributed by atoms with van der Waals surface area (Å²) in [6.07, 6.45) is 0.0801. The summed E-state index contributed by atoms with van der Waals surface area (Å²) in [4.78, 5) is 2.04. The topological polar surface area (TPSA) is 12.5 Å². The van der Waals surface area contributed by atoms with Crippen LogP contribution in [0.4, 0.5) is 10.1 Å². The summed E-state index contributed by atoms with van der Waals surface area (Å²) in [5.74, 6) is 0.109. The Hall–Kier alpha value is -0.800. The second-order valence-corrected chi connectivity index (χ2v) is 5.72. The van der Waals surface area contributed by atoms with Gasteiger partial charge in [0.05, 0.1) is 17.4 Å². The van der Waals surface area contributed by atoms with E-state index in [4.69, 9.17) is 16.3 Å². The highest BCUT2D eigenvalue weighted by Gasteiger charge is 2.33. The van der Waals surface area contributed by atoms with E-state index >= 15 is 0 Å². The lowest BCUT2D eigenvalue weighted by atomic mass is 10.0. The van der Waals surface area contributed by atoms with E-state index in [1.807, 2.05) is 31.7 Å². The number of benzene rings is 1. The van der Waals surface area contributed by atoms with Crippen molar-refractivity contribution >= 4 is 17.3 Å². The Bertz CT molecular complexity index is 436. The predicted molar refractivity (Wildman–Crippen MR) is 72.8 cm³/mol. The largest absolute Gasteiger partial charge is 0.369 e. The Labute approximate surface area is 113 Å². The zero-order chi connectivity index (χ0) is 13.3. The SMILES string of the molecule is CC1CN(c2c(F)cccc2CCl)CC(C)(C)O1. The number of hydrogen-bond acceptors (Lipinski definition) is 2. The highest BCUT2D eigenvalue weighted by Crippen LogP contribution is 2.31. The molecule has 100 valence electrons. The number of nitrogens with zero attached hydrogens (tertiary/aromatic N) is 1. The summed E-state index contributed by atoms with van der Waals surface area (Å²) in [6.45, 7) is 7.42. The minimum Gasteiger partial charge on any atom is -0.369 e. The van der Waals surface area contributed by atoms with Crippen molar-refractivity contribution in [2.75, 3.05) is 18.0 Å². The van der Waals surface area contributed by atoms with Gasteiger partial charge in [0.25, 0.3) is 0 Å². The third kappa shape index (κ3) is 2.78. The van der Waals surface area contributed by atoms with Gasteiger partial charge in [0.2, 0.25) is 0 Å². The minimum absolute atomic E-state index is 0.0801. The number of alkyl halides is 1. The van der Waals surface area contributed by atoms with Gasteiger partial charge in [0.1, 0.15) is 5.82 Å². The van der Waals surface area contributed by atoms with Gasteiger partial charge >= 0.3 is 0 Å². The maximum absolute atomic E-state index is 14.1. The fraction of sp³-hybridized carbons (Fsp3) is 0.571. The highest BCUT2D eigenvalue weighted by atomic mass is 35.5. The second-order valence-electron chi connectivity index (χ2n) is 5.45. The molecule has 1 atom stereocenters. The molecule has 1 aromatic carbocycles. The summed E-state index contributed by atoms with van der Waals surface area (Å²) in [5, 5.41) is 0. The summed E-state index contributed by atoms with van der Waals surface area (Å²) in [6, 6.07) is 5.06. The monoisotopic (exact) mass is 271 g/mol. The Balaban J connectivity index is 2.36. The number of para-hydroxylation sites is 1. The molecule has 4 heteroatoms. The van der Waals surface area contributed by atoms with Gasteiger partial charge in [0, 0.05) is 19.0 Å². The maximum atomic E-state index is 14.1. The van der Waals surface area contributed by atoms with Crippen LogP contribution in [0.1, 0.15) is 26.3 Å². The summed E-state index contributed by atoms with van der Waals surface area (Å²) in [7, 11) is 0. The van der Waals surface area contributed by atoms with E-state index < -0.39 is 0 Å². The van der Waals surface area contributed by atoms with Gasteiger partial charge < -0.3 is 9.64 Å². The third-order valence-corrected chi connectivity index (χ3v) is 3.39. The normalized spacial score (nSPS) is 23.2. The molecule has 1 aliphatic rings. The van der Waals surface area contributed by atoms with Gasteiger partial charge in [-0.1, -0.05) is 12.1 Å². The van der Waals surface area contributed by atoms with Crippen LogP contribution < -0.4 is 4.90 Å². The smallest absolute Gasteiger partial charge is 0.146 e. The fourth-order valence-corrected chi connectivity index (χ4v) is 2.86. The van der Waals surface area contributed by atoms with Crippen LogP contribution in [0, 0.1) is 5.82 Å². The van der Waals surface area contributed by atoms with Crippen molar-refractivity contribution in [2.45, 2.75) is 38.4 Å². The summed E-state index contributed by atoms with van der Waals surface area (Å²) >= 11 is 5.91. The Morgan fingerprint density at radius 3 is 2.83 bits per heavy atom. The number of rotatable bonds is 2. The first-order valence-corrected chi connectivity index (χ1v) is 6.72. The summed E-state index contributed by atoms with van der Waals surface area (Å²) in [5.41, 5.74) is 1.18. The Morgan fingerprint density at radius 2 is 2.22 bits per heavy atom. The van der Waals surface area contributed by atoms with Crippen molar-refractivity contribution in [1.82, 2.24) is 0 Å². The van der Waals surface area contributed by atoms with Crippen molar-refractivity contribution in [2.24, 2.45) is 0 Å². The van der Waals surface area contributed by atoms with Crippen LogP contribution in [0.3, 0.4) is 0 Å². The fourth-order valence-electron chi connectivity index (χ4n) is 2.65. The van der Waals surface area contributed by atoms with E-state index in [1.165, 1.54) is 6.07 Å². The second kappa shape index (κ2) is 5.06. The van der Waals surface area contributed by atoms with Crippen molar-refractivity contribution in [3.63, 3.8) is 0 Å². The molecule has 2 nitrogen and oxygen atoms in total. The van der Waals surface area contributed by atoms with Crippen molar-refractivity contribution in [3.05, 3.63) is 29.6 Å². The molecule has 0 bridgehead atoms. The molecule has 1 fully saturated rings. The van der Waals surface area contributed by atoms with Crippen molar-refractivity contribution < 1.29 is 9.13 Å². The maximum Gasteiger partial charge on any atom is 0.146 e. The van der Waals surface area contributed by atoms with E-state index in [1.54, 1.807) is 6.07 Å². The summed E-state index contributed by atoms with van der Waals surface area (Å²) < 4.78 is 19.9. The first-order chi connectivity index (χ1) is 8.43. The molecule has 1 saturated heterocycles. The molecule has 0 spiro atoms. The zero-order valence-electron chi connectivity index (χ0n) is 11.0. The number of anilines is 1. The molecule has 1 unspecified atom stereocenters. The Kier molecular flexibility index (Phi) is 3.83. The van der Waals surface area contributed by atoms with Gasteiger partial charge in [-0.3, -0.25) is 0 Å². The molecule has 0 saturated carbocycles. The van der Waals surface area contributed by atoms with Gasteiger partial charge in [-0.2, -0.15) is 0 Å². The van der Waals surface area contributed by atoms with E-state index in [0.717, 1.165) is 5.56 Å². The van der Waals surface area contributed by atoms with Crippen LogP contribution in [0.5, 0.6) is 0 Å². The molecule has 2 rings (SSSR count). The van der Waals surface area contributed by atoms with E-state index in [-0.39, 0.29) is 17.5 Å². The standard InChI is InChI=1S/C14H19ClFNO/c1-10-8-17(9-14(2,3)18-10)13-11(7-15)5-4-6-12(13)16/h4-6,10H,7-9H2,1-3H3. The van der Waals surface area contributed by atoms with E-state index in [2.05, 4.69) is 0 Å². The number of ether oxygens (including phenoxy) is 1. The molecule has 1 heterocycles. The average Bonchev–Trinajstić information content (AvgIpc) is 2.25. The molecule has 18 heavy (non-hydrogen) atoms. The van der Waals surface area contributed by atoms with E-state index in [9.17, 15) is 4.39 Å². The van der Waals surface area contributed by atoms with Crippen molar-refractivity contribution in [3.8, 4) is 0 Å². The lowest BCUT2D eigenvalue weighted by molar-refractivity contribution is -0.0751. The first kappa shape index (κ1) is 13.6. The van der Waals surface area contributed by atoms with Crippen LogP contribution in [0.15, 0.2) is 18.2 Å². The number of morpholine rings is 1. The molecule has 0 N–H and O–H groups in total. The molecule has 1 aliphatic heterocycles. The third-order valence-electron chi connectivity index (χ3n) is 3.10. The number of hydrogen-bond donors (Lipinski definition) is 0. The molecule has 0 aromatic heterocycles. The molecule has 0 amide bonds.